The molecular weight excluding hydrogens is 316 g/mol. The van der Waals surface area contributed by atoms with Crippen LogP contribution in [-0.2, 0) is 16.0 Å². The molecule has 1 aromatic rings. The third-order valence-corrected chi connectivity index (χ3v) is 4.49. The van der Waals surface area contributed by atoms with Gasteiger partial charge in [0.1, 0.15) is 11.0 Å². The molecule has 0 spiro atoms. The number of hydrogen-bond acceptors (Lipinski definition) is 4. The summed E-state index contributed by atoms with van der Waals surface area (Å²) in [4.78, 5) is 36.6. The summed E-state index contributed by atoms with van der Waals surface area (Å²) in [5.41, 5.74) is -0.277. The van der Waals surface area contributed by atoms with Crippen molar-refractivity contribution < 1.29 is 19.5 Å². The third kappa shape index (κ3) is 5.06. The van der Waals surface area contributed by atoms with E-state index in [1.54, 1.807) is 33.8 Å². The van der Waals surface area contributed by atoms with Gasteiger partial charge < -0.3 is 15.7 Å². The van der Waals surface area contributed by atoms with E-state index in [0.29, 0.717) is 10.6 Å². The molecule has 0 aromatic carbocycles. The molecule has 0 aliphatic heterocycles. The van der Waals surface area contributed by atoms with Crippen LogP contribution in [0.1, 0.15) is 56.3 Å². The van der Waals surface area contributed by atoms with Crippen molar-refractivity contribution in [2.24, 2.45) is 5.41 Å². The fourth-order valence-electron chi connectivity index (χ4n) is 1.74. The molecule has 1 rings (SSSR count). The number of thiophene rings is 1. The lowest BCUT2D eigenvalue weighted by atomic mass is 9.96. The van der Waals surface area contributed by atoms with E-state index in [0.717, 1.165) is 11.3 Å². The second-order valence-electron chi connectivity index (χ2n) is 6.29. The van der Waals surface area contributed by atoms with Crippen LogP contribution in [0.4, 0.5) is 5.00 Å². The second kappa shape index (κ2) is 7.59. The Labute approximate surface area is 140 Å². The fourth-order valence-corrected chi connectivity index (χ4v) is 2.73. The molecule has 0 fully saturated rings. The van der Waals surface area contributed by atoms with Crippen molar-refractivity contribution in [2.45, 2.75) is 53.5 Å². The number of carbonyl (C=O) groups excluding carboxylic acids is 2. The topological polar surface area (TPSA) is 95.5 Å². The molecule has 0 saturated heterocycles. The van der Waals surface area contributed by atoms with Gasteiger partial charge in [-0.25, -0.2) is 4.79 Å². The van der Waals surface area contributed by atoms with E-state index in [-0.39, 0.29) is 12.3 Å². The minimum atomic E-state index is -1.08. The van der Waals surface area contributed by atoms with Crippen molar-refractivity contribution in [3.63, 3.8) is 0 Å². The lowest BCUT2D eigenvalue weighted by molar-refractivity contribution is -0.139. The molecule has 0 aliphatic rings. The summed E-state index contributed by atoms with van der Waals surface area (Å²) < 4.78 is 0. The number of carbonyl (C=O) groups is 3. The van der Waals surface area contributed by atoms with Crippen LogP contribution in [0.25, 0.3) is 0 Å². The summed E-state index contributed by atoms with van der Waals surface area (Å²) in [6.07, 6.45) is 1.02. The molecule has 23 heavy (non-hydrogen) atoms. The zero-order chi connectivity index (χ0) is 17.8. The van der Waals surface area contributed by atoms with E-state index in [1.165, 1.54) is 11.3 Å². The largest absolute Gasteiger partial charge is 0.480 e. The number of aliphatic carboxylic acids is 1. The molecule has 6 nitrogen and oxygen atoms in total. The van der Waals surface area contributed by atoms with Crippen LogP contribution < -0.4 is 10.6 Å². The first-order valence-electron chi connectivity index (χ1n) is 7.57. The summed E-state index contributed by atoms with van der Waals surface area (Å²) in [7, 11) is 0. The standard InChI is InChI=1S/C16H24N2O4S/c1-6-9-8-10(12(19)17-11(7-2)14(20)21)13(23-9)18-15(22)16(3,4)5/h8,11H,6-7H2,1-5H3,(H,17,19)(H,18,22)(H,20,21). The molecule has 3 N–H and O–H groups in total. The lowest BCUT2D eigenvalue weighted by Gasteiger charge is -2.18. The Morgan fingerprint density at radius 3 is 2.30 bits per heavy atom. The summed E-state index contributed by atoms with van der Waals surface area (Å²) in [5, 5.41) is 14.8. The van der Waals surface area contributed by atoms with Gasteiger partial charge in [-0.1, -0.05) is 34.6 Å². The maximum absolute atomic E-state index is 12.4. The van der Waals surface area contributed by atoms with Gasteiger partial charge in [-0.15, -0.1) is 11.3 Å². The molecule has 0 radical (unpaired) electrons. The van der Waals surface area contributed by atoms with Crippen LogP contribution >= 0.6 is 11.3 Å². The normalized spacial score (nSPS) is 12.6. The average Bonchev–Trinajstić information content (AvgIpc) is 2.86. The second-order valence-corrected chi connectivity index (χ2v) is 7.42. The molecule has 1 aromatic heterocycles. The van der Waals surface area contributed by atoms with E-state index in [4.69, 9.17) is 5.11 Å². The van der Waals surface area contributed by atoms with Crippen LogP contribution in [-0.4, -0.2) is 28.9 Å². The molecule has 1 heterocycles. The van der Waals surface area contributed by atoms with Crippen LogP contribution in [0.5, 0.6) is 0 Å². The van der Waals surface area contributed by atoms with E-state index in [9.17, 15) is 14.4 Å². The smallest absolute Gasteiger partial charge is 0.326 e. The van der Waals surface area contributed by atoms with Gasteiger partial charge >= 0.3 is 5.97 Å². The lowest BCUT2D eigenvalue weighted by Crippen LogP contribution is -2.40. The molecular formula is C16H24N2O4S. The molecule has 7 heteroatoms. The van der Waals surface area contributed by atoms with Gasteiger partial charge in [0, 0.05) is 10.3 Å². The van der Waals surface area contributed by atoms with Gasteiger partial charge in [0.25, 0.3) is 5.91 Å². The van der Waals surface area contributed by atoms with Crippen molar-refractivity contribution in [3.05, 3.63) is 16.5 Å². The van der Waals surface area contributed by atoms with Gasteiger partial charge in [0.2, 0.25) is 5.91 Å². The van der Waals surface area contributed by atoms with E-state index < -0.39 is 23.3 Å². The number of rotatable bonds is 6. The monoisotopic (exact) mass is 340 g/mol. The molecule has 0 saturated carbocycles. The Morgan fingerprint density at radius 1 is 1.26 bits per heavy atom. The third-order valence-electron chi connectivity index (χ3n) is 3.30. The fraction of sp³-hybridized carbons (Fsp3) is 0.562. The van der Waals surface area contributed by atoms with Crippen LogP contribution in [0.15, 0.2) is 6.07 Å². The van der Waals surface area contributed by atoms with Gasteiger partial charge in [-0.05, 0) is 18.9 Å². The predicted octanol–water partition coefficient (Wildman–Crippen LogP) is 2.89. The Hall–Kier alpha value is -1.89. The maximum Gasteiger partial charge on any atom is 0.326 e. The average molecular weight is 340 g/mol. The number of carboxylic acids is 1. The number of carboxylic acid groups (broad SMARTS) is 1. The summed E-state index contributed by atoms with van der Waals surface area (Å²) in [6.45, 7) is 9.00. The highest BCUT2D eigenvalue weighted by Crippen LogP contribution is 2.30. The highest BCUT2D eigenvalue weighted by atomic mass is 32.1. The first kappa shape index (κ1) is 19.2. The Balaban J connectivity index is 3.05. The van der Waals surface area contributed by atoms with Crippen molar-refractivity contribution in [1.82, 2.24) is 5.32 Å². The van der Waals surface area contributed by atoms with Gasteiger partial charge in [-0.3, -0.25) is 9.59 Å². The van der Waals surface area contributed by atoms with E-state index in [1.807, 2.05) is 6.92 Å². The van der Waals surface area contributed by atoms with Gasteiger partial charge in [0.05, 0.1) is 5.56 Å². The Morgan fingerprint density at radius 2 is 1.87 bits per heavy atom. The van der Waals surface area contributed by atoms with Crippen molar-refractivity contribution in [2.75, 3.05) is 5.32 Å². The molecule has 0 bridgehead atoms. The first-order valence-corrected chi connectivity index (χ1v) is 8.39. The number of anilines is 1. The minimum Gasteiger partial charge on any atom is -0.480 e. The van der Waals surface area contributed by atoms with E-state index in [2.05, 4.69) is 10.6 Å². The molecule has 1 unspecified atom stereocenters. The minimum absolute atomic E-state index is 0.193. The maximum atomic E-state index is 12.4. The van der Waals surface area contributed by atoms with Gasteiger partial charge in [0.15, 0.2) is 0 Å². The Bertz CT molecular complexity index is 602. The quantitative estimate of drug-likeness (QED) is 0.742. The van der Waals surface area contributed by atoms with E-state index >= 15 is 0 Å². The SMILES string of the molecule is CCc1cc(C(=O)NC(CC)C(=O)O)c(NC(=O)C(C)(C)C)s1. The van der Waals surface area contributed by atoms with Crippen molar-refractivity contribution in [1.29, 1.82) is 0 Å². The first-order chi connectivity index (χ1) is 10.6. The molecule has 128 valence electrons. The zero-order valence-corrected chi connectivity index (χ0v) is 15.0. The van der Waals surface area contributed by atoms with Gasteiger partial charge in [-0.2, -0.15) is 0 Å². The summed E-state index contributed by atoms with van der Waals surface area (Å²) >= 11 is 1.34. The van der Waals surface area contributed by atoms with Crippen molar-refractivity contribution >= 4 is 34.1 Å². The number of aryl methyl sites for hydroxylation is 1. The number of nitrogens with one attached hydrogen (secondary N) is 2. The van der Waals surface area contributed by atoms with Crippen LogP contribution in [0.3, 0.4) is 0 Å². The zero-order valence-electron chi connectivity index (χ0n) is 14.1. The number of amides is 2. The number of hydrogen-bond donors (Lipinski definition) is 3. The Kier molecular flexibility index (Phi) is 6.32. The molecule has 2 amide bonds. The highest BCUT2D eigenvalue weighted by molar-refractivity contribution is 7.16. The predicted molar refractivity (Wildman–Crippen MR) is 91.0 cm³/mol. The van der Waals surface area contributed by atoms with Crippen LogP contribution in [0.2, 0.25) is 0 Å². The van der Waals surface area contributed by atoms with Crippen molar-refractivity contribution in [3.8, 4) is 0 Å². The summed E-state index contributed by atoms with van der Waals surface area (Å²) in [5.74, 6) is -1.76. The molecule has 1 atom stereocenters. The molecule has 0 aliphatic carbocycles. The summed E-state index contributed by atoms with van der Waals surface area (Å²) in [6, 6.07) is 0.756. The highest BCUT2D eigenvalue weighted by Gasteiger charge is 2.26. The van der Waals surface area contributed by atoms with Crippen LogP contribution in [0, 0.1) is 5.41 Å².